The van der Waals surface area contributed by atoms with E-state index in [1.54, 1.807) is 12.1 Å². The predicted octanol–water partition coefficient (Wildman–Crippen LogP) is 0.496. The van der Waals surface area contributed by atoms with Gasteiger partial charge < -0.3 is 14.9 Å². The van der Waals surface area contributed by atoms with Crippen LogP contribution in [0.25, 0.3) is 10.9 Å². The van der Waals surface area contributed by atoms with Gasteiger partial charge in [-0.1, -0.05) is 0 Å². The Morgan fingerprint density at radius 1 is 1.40 bits per heavy atom. The molecule has 1 aromatic heterocycles. The van der Waals surface area contributed by atoms with E-state index >= 15 is 0 Å². The number of fused-ring (bicyclic) bond motifs is 1. The molecule has 0 bridgehead atoms. The fraction of sp³-hybridized carbons (Fsp3) is 0. The number of carbonyl (C=O) groups excluding carboxylic acids is 1. The van der Waals surface area contributed by atoms with E-state index in [0.717, 1.165) is 9.77 Å². The van der Waals surface area contributed by atoms with Crippen LogP contribution in [0.15, 0.2) is 29.2 Å². The quantitative estimate of drug-likeness (QED) is 0.779. The van der Waals surface area contributed by atoms with Crippen molar-refractivity contribution in [1.82, 2.24) is 4.98 Å². The van der Waals surface area contributed by atoms with Crippen LogP contribution < -0.4 is 10.5 Å². The van der Waals surface area contributed by atoms with Crippen molar-refractivity contribution >= 4 is 39.5 Å². The number of carbonyl (C=O) groups is 1. The molecule has 0 saturated carbocycles. The second kappa shape index (κ2) is 3.65. The first-order valence-corrected chi connectivity index (χ1v) is 5.20. The summed E-state index contributed by atoms with van der Waals surface area (Å²) in [4.78, 5) is 25.0. The maximum atomic E-state index is 11.7. The Morgan fingerprint density at radius 2 is 2.13 bits per heavy atom. The molecule has 1 aromatic carbocycles. The van der Waals surface area contributed by atoms with E-state index in [1.165, 1.54) is 0 Å². The third-order valence-electron chi connectivity index (χ3n) is 2.06. The molecule has 0 aliphatic carbocycles. The van der Waals surface area contributed by atoms with E-state index in [0.29, 0.717) is 10.9 Å². The van der Waals surface area contributed by atoms with Crippen molar-refractivity contribution in [2.75, 3.05) is 0 Å². The third-order valence-corrected chi connectivity index (χ3v) is 2.73. The number of H-pyrrole nitrogens is 1. The van der Waals surface area contributed by atoms with Crippen LogP contribution in [0.4, 0.5) is 0 Å². The molecule has 0 radical (unpaired) electrons. The van der Waals surface area contributed by atoms with Crippen LogP contribution in [-0.2, 0) is 0 Å². The number of carboxylic acids is 1. The van der Waals surface area contributed by atoms with Crippen LogP contribution in [0.3, 0.4) is 0 Å². The summed E-state index contributed by atoms with van der Waals surface area (Å²) in [5, 5.41) is 11.0. The molecule has 76 valence electrons. The van der Waals surface area contributed by atoms with Gasteiger partial charge in [0, 0.05) is 20.7 Å². The monoisotopic (exact) mass is 314 g/mol. The number of pyridine rings is 1. The lowest BCUT2D eigenvalue weighted by atomic mass is 10.1. The highest BCUT2D eigenvalue weighted by molar-refractivity contribution is 14.1. The smallest absolute Gasteiger partial charge is 0.198 e. The number of halogens is 1. The predicted molar refractivity (Wildman–Crippen MR) is 61.6 cm³/mol. The van der Waals surface area contributed by atoms with Crippen molar-refractivity contribution < 1.29 is 9.90 Å². The van der Waals surface area contributed by atoms with Gasteiger partial charge in [0.15, 0.2) is 5.43 Å². The molecule has 0 spiro atoms. The highest BCUT2D eigenvalue weighted by Crippen LogP contribution is 2.12. The van der Waals surface area contributed by atoms with E-state index in [4.69, 9.17) is 0 Å². The standard InChI is InChI=1S/C10H6INO3/c11-5-1-2-8-6(3-5)9(13)7(4-12-8)10(14)15/h1-4H,(H,12,13)(H,14,15)/p-1. The maximum absolute atomic E-state index is 11.7. The van der Waals surface area contributed by atoms with Crippen molar-refractivity contribution in [3.05, 3.63) is 43.8 Å². The summed E-state index contributed by atoms with van der Waals surface area (Å²) in [6.07, 6.45) is 1.16. The Bertz CT molecular complexity index is 603. The van der Waals surface area contributed by atoms with E-state index in [9.17, 15) is 14.7 Å². The summed E-state index contributed by atoms with van der Waals surface area (Å²) in [5.41, 5.74) is -0.239. The summed E-state index contributed by atoms with van der Waals surface area (Å²) in [6.45, 7) is 0. The lowest BCUT2D eigenvalue weighted by molar-refractivity contribution is -0.255. The molecular formula is C10H5INO3-. The molecule has 5 heteroatoms. The van der Waals surface area contributed by atoms with E-state index in [-0.39, 0.29) is 5.56 Å². The van der Waals surface area contributed by atoms with Crippen molar-refractivity contribution in [3.8, 4) is 0 Å². The minimum atomic E-state index is -1.46. The average molecular weight is 314 g/mol. The zero-order valence-electron chi connectivity index (χ0n) is 7.41. The van der Waals surface area contributed by atoms with E-state index in [1.807, 2.05) is 6.07 Å². The summed E-state index contributed by atoms with van der Waals surface area (Å²) in [5.74, 6) is -1.46. The summed E-state index contributed by atoms with van der Waals surface area (Å²) < 4.78 is 0.876. The molecule has 15 heavy (non-hydrogen) atoms. The largest absolute Gasteiger partial charge is 0.545 e. The number of aromatic carboxylic acids is 1. The number of nitrogens with one attached hydrogen (secondary N) is 1. The zero-order chi connectivity index (χ0) is 11.0. The minimum absolute atomic E-state index is 0.343. The molecule has 0 saturated heterocycles. The zero-order valence-corrected chi connectivity index (χ0v) is 9.57. The highest BCUT2D eigenvalue weighted by Gasteiger charge is 2.05. The molecule has 0 atom stereocenters. The fourth-order valence-electron chi connectivity index (χ4n) is 1.34. The van der Waals surface area contributed by atoms with Crippen LogP contribution in [0.2, 0.25) is 0 Å². The number of aromatic amines is 1. The topological polar surface area (TPSA) is 73.0 Å². The maximum Gasteiger partial charge on any atom is 0.198 e. The third kappa shape index (κ3) is 1.74. The molecule has 0 unspecified atom stereocenters. The van der Waals surface area contributed by atoms with E-state index < -0.39 is 11.4 Å². The fourth-order valence-corrected chi connectivity index (χ4v) is 1.83. The molecule has 0 aliphatic rings. The second-order valence-electron chi connectivity index (χ2n) is 3.01. The van der Waals surface area contributed by atoms with Gasteiger partial charge in [0.25, 0.3) is 0 Å². The number of benzene rings is 1. The average Bonchev–Trinajstić information content (AvgIpc) is 2.19. The number of hydrogen-bond acceptors (Lipinski definition) is 3. The van der Waals surface area contributed by atoms with Gasteiger partial charge in [-0.2, -0.15) is 0 Å². The molecule has 2 rings (SSSR count). The SMILES string of the molecule is O=C([O-])c1c[nH]c2ccc(I)cc2c1=O. The molecule has 4 nitrogen and oxygen atoms in total. The lowest BCUT2D eigenvalue weighted by Crippen LogP contribution is -2.29. The molecule has 2 aromatic rings. The molecule has 0 fully saturated rings. The Balaban J connectivity index is 2.89. The van der Waals surface area contributed by atoms with Gasteiger partial charge in [0.1, 0.15) is 0 Å². The number of hydrogen-bond donors (Lipinski definition) is 1. The van der Waals surface area contributed by atoms with Gasteiger partial charge in [0.05, 0.1) is 11.5 Å². The number of carboxylic acid groups (broad SMARTS) is 1. The molecule has 0 aliphatic heterocycles. The van der Waals surface area contributed by atoms with Crippen molar-refractivity contribution in [2.45, 2.75) is 0 Å². The van der Waals surface area contributed by atoms with Crippen LogP contribution in [0.5, 0.6) is 0 Å². The highest BCUT2D eigenvalue weighted by atomic mass is 127. The number of aromatic nitrogens is 1. The lowest BCUT2D eigenvalue weighted by Gasteiger charge is -2.03. The van der Waals surface area contributed by atoms with Gasteiger partial charge >= 0.3 is 0 Å². The molecule has 0 amide bonds. The van der Waals surface area contributed by atoms with Crippen LogP contribution >= 0.6 is 22.6 Å². The second-order valence-corrected chi connectivity index (χ2v) is 4.25. The Hall–Kier alpha value is -1.37. The Morgan fingerprint density at radius 3 is 2.80 bits per heavy atom. The normalized spacial score (nSPS) is 10.5. The number of rotatable bonds is 1. The van der Waals surface area contributed by atoms with Crippen LogP contribution in [0.1, 0.15) is 10.4 Å². The van der Waals surface area contributed by atoms with Gasteiger partial charge in [-0.25, -0.2) is 0 Å². The molecule has 1 N–H and O–H groups in total. The first-order chi connectivity index (χ1) is 7.09. The van der Waals surface area contributed by atoms with Crippen molar-refractivity contribution in [1.29, 1.82) is 0 Å². The van der Waals surface area contributed by atoms with Crippen molar-refractivity contribution in [2.24, 2.45) is 0 Å². The first-order valence-electron chi connectivity index (χ1n) is 4.12. The van der Waals surface area contributed by atoms with Gasteiger partial charge in [-0.15, -0.1) is 0 Å². The summed E-state index contributed by atoms with van der Waals surface area (Å²) in [6, 6.07) is 5.20. The Labute approximate surface area is 98.1 Å². The van der Waals surface area contributed by atoms with Gasteiger partial charge in [-0.05, 0) is 40.8 Å². The molecule has 1 heterocycles. The van der Waals surface area contributed by atoms with Gasteiger partial charge in [0.2, 0.25) is 0 Å². The molecular weight excluding hydrogens is 309 g/mol. The summed E-state index contributed by atoms with van der Waals surface area (Å²) in [7, 11) is 0. The minimum Gasteiger partial charge on any atom is -0.545 e. The first kappa shape index (κ1) is 10.2. The van der Waals surface area contributed by atoms with Gasteiger partial charge in [-0.3, -0.25) is 4.79 Å². The summed E-state index contributed by atoms with van der Waals surface area (Å²) >= 11 is 2.06. The van der Waals surface area contributed by atoms with Crippen LogP contribution in [-0.4, -0.2) is 11.0 Å². The van der Waals surface area contributed by atoms with Crippen molar-refractivity contribution in [3.63, 3.8) is 0 Å². The Kier molecular flexibility index (Phi) is 2.47. The van der Waals surface area contributed by atoms with Crippen LogP contribution in [0, 0.1) is 3.57 Å². The van der Waals surface area contributed by atoms with E-state index in [2.05, 4.69) is 27.6 Å².